The van der Waals surface area contributed by atoms with Crippen LogP contribution in [0.3, 0.4) is 0 Å². The zero-order valence-corrected chi connectivity index (χ0v) is 24.8. The first-order valence-corrected chi connectivity index (χ1v) is 14.1. The second-order valence-corrected chi connectivity index (χ2v) is 11.7. The molecule has 12 heteroatoms. The molecule has 1 fully saturated rings. The van der Waals surface area contributed by atoms with Crippen molar-refractivity contribution < 1.29 is 47.9 Å². The number of benzene rings is 2. The van der Waals surface area contributed by atoms with E-state index in [1.54, 1.807) is 20.8 Å². The highest BCUT2D eigenvalue weighted by Crippen LogP contribution is 2.44. The average Bonchev–Trinajstić information content (AvgIpc) is 3.26. The molecule has 7 atom stereocenters. The van der Waals surface area contributed by atoms with Crippen LogP contribution in [0.2, 0.25) is 0 Å². The first kappa shape index (κ1) is 32.3. The summed E-state index contributed by atoms with van der Waals surface area (Å²) in [6, 6.07) is 13.0. The van der Waals surface area contributed by atoms with Crippen LogP contribution >= 0.6 is 0 Å². The number of alkyl halides is 1. The van der Waals surface area contributed by atoms with Crippen LogP contribution in [-0.2, 0) is 28.5 Å². The van der Waals surface area contributed by atoms with E-state index in [1.165, 1.54) is 13.8 Å². The van der Waals surface area contributed by atoms with E-state index in [0.717, 1.165) is 22.3 Å². The highest BCUT2D eigenvalue weighted by molar-refractivity contribution is 5.83. The Bertz CT molecular complexity index is 1270. The molecule has 2 aromatic rings. The van der Waals surface area contributed by atoms with Crippen molar-refractivity contribution in [2.24, 2.45) is 0 Å². The fraction of sp³-hybridized carbons (Fsp3) is 0.516. The van der Waals surface area contributed by atoms with Gasteiger partial charge in [-0.1, -0.05) is 48.5 Å². The number of hydrogen-bond acceptors (Lipinski definition) is 9. The topological polar surface area (TPSA) is 153 Å². The maximum Gasteiger partial charge on any atom is 0.407 e. The van der Waals surface area contributed by atoms with Crippen molar-refractivity contribution in [1.82, 2.24) is 10.6 Å². The van der Waals surface area contributed by atoms with E-state index >= 15 is 0 Å². The molecule has 1 aliphatic heterocycles. The predicted octanol–water partition coefficient (Wildman–Crippen LogP) is 2.56. The quantitative estimate of drug-likeness (QED) is 0.317. The molecule has 1 saturated heterocycles. The fourth-order valence-corrected chi connectivity index (χ4v) is 5.35. The summed E-state index contributed by atoms with van der Waals surface area (Å²) in [7, 11) is 0. The summed E-state index contributed by atoms with van der Waals surface area (Å²) in [4.78, 5) is 38.1. The number of nitrogens with one attached hydrogen (secondary N) is 2. The lowest BCUT2D eigenvalue weighted by molar-refractivity contribution is -0.279. The second-order valence-electron chi connectivity index (χ2n) is 11.7. The molecular formula is C31H39FN2O9. The minimum atomic E-state index is -1.64. The van der Waals surface area contributed by atoms with Gasteiger partial charge in [-0.3, -0.25) is 4.79 Å². The second kappa shape index (κ2) is 13.4. The van der Waals surface area contributed by atoms with Crippen LogP contribution in [0.5, 0.6) is 0 Å². The van der Waals surface area contributed by atoms with Crippen LogP contribution in [0.25, 0.3) is 11.1 Å². The third-order valence-corrected chi connectivity index (χ3v) is 7.32. The van der Waals surface area contributed by atoms with E-state index in [9.17, 15) is 29.0 Å². The monoisotopic (exact) mass is 602 g/mol. The maximum atomic E-state index is 13.6. The summed E-state index contributed by atoms with van der Waals surface area (Å²) >= 11 is 0. The Morgan fingerprint density at radius 2 is 1.58 bits per heavy atom. The molecule has 0 spiro atoms. The molecule has 11 nitrogen and oxygen atoms in total. The molecule has 4 N–H and O–H groups in total. The highest BCUT2D eigenvalue weighted by Gasteiger charge is 2.47. The number of halogens is 1. The average molecular weight is 603 g/mol. The van der Waals surface area contributed by atoms with Gasteiger partial charge in [0.1, 0.15) is 43.2 Å². The normalized spacial score (nSPS) is 24.7. The Balaban J connectivity index is 1.50. The largest absolute Gasteiger partial charge is 0.458 e. The smallest absolute Gasteiger partial charge is 0.407 e. The number of hydrogen-bond donors (Lipinski definition) is 4. The standard InChI is InChI=1S/C31H39FN2O9/c1-16(41-29-25(33-17(2)35)27(37)26(36)23(14-32)42-29)24(28(38)43-31(3,4)5)34-30(39)40-15-22-20-12-8-6-10-18(20)19-11-7-9-13-21(19)22/h6-13,16,22-27,29,36-37H,14-15H2,1-5H3,(H,33,35)(H,34,39)/t16?,23?,24-,25?,26-,27?,29-/m0/s1. The fourth-order valence-electron chi connectivity index (χ4n) is 5.35. The van der Waals surface area contributed by atoms with Crippen molar-refractivity contribution in [3.8, 4) is 11.1 Å². The molecule has 4 unspecified atom stereocenters. The van der Waals surface area contributed by atoms with E-state index in [-0.39, 0.29) is 12.5 Å². The van der Waals surface area contributed by atoms with Gasteiger partial charge in [-0.15, -0.1) is 0 Å². The van der Waals surface area contributed by atoms with Crippen LogP contribution in [0, 0.1) is 0 Å². The van der Waals surface area contributed by atoms with Crippen LogP contribution in [-0.4, -0.2) is 89.9 Å². The van der Waals surface area contributed by atoms with E-state index in [1.807, 2.05) is 48.5 Å². The minimum absolute atomic E-state index is 0.00522. The van der Waals surface area contributed by atoms with Gasteiger partial charge in [0.15, 0.2) is 12.3 Å². The number of aliphatic hydroxyl groups excluding tert-OH is 2. The van der Waals surface area contributed by atoms with Gasteiger partial charge in [0, 0.05) is 12.8 Å². The molecule has 0 bridgehead atoms. The van der Waals surface area contributed by atoms with Crippen molar-refractivity contribution in [2.45, 2.75) is 88.9 Å². The van der Waals surface area contributed by atoms with Gasteiger partial charge < -0.3 is 39.8 Å². The van der Waals surface area contributed by atoms with Gasteiger partial charge in [-0.05, 0) is 49.9 Å². The number of rotatable bonds is 9. The molecule has 2 aromatic carbocycles. The predicted molar refractivity (Wildman–Crippen MR) is 153 cm³/mol. The summed E-state index contributed by atoms with van der Waals surface area (Å²) in [5.74, 6) is -1.63. The third-order valence-electron chi connectivity index (χ3n) is 7.32. The first-order valence-electron chi connectivity index (χ1n) is 14.1. The molecule has 43 heavy (non-hydrogen) atoms. The van der Waals surface area contributed by atoms with Crippen LogP contribution in [0.1, 0.15) is 51.7 Å². The molecular weight excluding hydrogens is 563 g/mol. The molecule has 2 amide bonds. The lowest BCUT2D eigenvalue weighted by atomic mass is 9.97. The minimum Gasteiger partial charge on any atom is -0.458 e. The lowest BCUT2D eigenvalue weighted by Crippen LogP contribution is -2.65. The SMILES string of the molecule is CC(=O)NC1C(O)[C@@H](O)C(CF)O[C@@H]1OC(C)[C@H](NC(=O)OCC1c2ccccc2-c2ccccc21)C(=O)OC(C)(C)C. The molecule has 1 aliphatic carbocycles. The molecule has 0 radical (unpaired) electrons. The number of fused-ring (bicyclic) bond motifs is 3. The summed E-state index contributed by atoms with van der Waals surface area (Å²) in [5, 5.41) is 25.7. The maximum absolute atomic E-state index is 13.6. The van der Waals surface area contributed by atoms with Gasteiger partial charge >= 0.3 is 12.1 Å². The molecule has 4 rings (SSSR count). The number of alkyl carbamates (subject to hydrolysis) is 1. The van der Waals surface area contributed by atoms with Gasteiger partial charge in [0.25, 0.3) is 0 Å². The Kier molecular flexibility index (Phi) is 10.1. The highest BCUT2D eigenvalue weighted by atomic mass is 19.1. The Morgan fingerprint density at radius 3 is 2.12 bits per heavy atom. The van der Waals surface area contributed by atoms with E-state index in [2.05, 4.69) is 10.6 Å². The van der Waals surface area contributed by atoms with Gasteiger partial charge in [-0.25, -0.2) is 14.0 Å². The number of esters is 1. The summed E-state index contributed by atoms with van der Waals surface area (Å²) in [5.41, 5.74) is 3.22. The summed E-state index contributed by atoms with van der Waals surface area (Å²) in [6.07, 6.45) is -8.30. The molecule has 234 valence electrons. The van der Waals surface area contributed by atoms with Crippen LogP contribution < -0.4 is 10.6 Å². The number of amides is 2. The zero-order valence-electron chi connectivity index (χ0n) is 24.8. The lowest BCUT2D eigenvalue weighted by Gasteiger charge is -2.43. The van der Waals surface area contributed by atoms with Gasteiger partial charge in [0.05, 0.1) is 6.10 Å². The number of ether oxygens (including phenoxy) is 4. The number of carbonyl (C=O) groups excluding carboxylic acids is 3. The van der Waals surface area contributed by atoms with E-state index < -0.39 is 73.0 Å². The summed E-state index contributed by atoms with van der Waals surface area (Å²) in [6.45, 7) is 6.43. The third kappa shape index (κ3) is 7.50. The van der Waals surface area contributed by atoms with Crippen LogP contribution in [0.4, 0.5) is 9.18 Å². The van der Waals surface area contributed by atoms with Crippen molar-refractivity contribution >= 4 is 18.0 Å². The van der Waals surface area contributed by atoms with Crippen molar-refractivity contribution in [3.05, 3.63) is 59.7 Å². The first-order chi connectivity index (χ1) is 20.3. The molecule has 1 heterocycles. The number of carbonyl (C=O) groups is 3. The summed E-state index contributed by atoms with van der Waals surface area (Å²) < 4.78 is 36.1. The molecule has 0 saturated carbocycles. The molecule has 0 aromatic heterocycles. The van der Waals surface area contributed by atoms with Gasteiger partial charge in [0.2, 0.25) is 5.91 Å². The zero-order chi connectivity index (χ0) is 31.5. The molecule has 2 aliphatic rings. The van der Waals surface area contributed by atoms with Crippen molar-refractivity contribution in [1.29, 1.82) is 0 Å². The van der Waals surface area contributed by atoms with Crippen molar-refractivity contribution in [2.75, 3.05) is 13.3 Å². The Hall–Kier alpha value is -3.58. The van der Waals surface area contributed by atoms with E-state index in [0.29, 0.717) is 0 Å². The van der Waals surface area contributed by atoms with E-state index in [4.69, 9.17) is 18.9 Å². The Labute approximate surface area is 249 Å². The van der Waals surface area contributed by atoms with Crippen molar-refractivity contribution in [3.63, 3.8) is 0 Å². The number of aliphatic hydroxyl groups is 2. The van der Waals surface area contributed by atoms with Crippen LogP contribution in [0.15, 0.2) is 48.5 Å². The Morgan fingerprint density at radius 1 is 1.00 bits per heavy atom. The van der Waals surface area contributed by atoms with Gasteiger partial charge in [-0.2, -0.15) is 0 Å².